The molecule has 6 heteroatoms. The lowest BCUT2D eigenvalue weighted by Crippen LogP contribution is -2.41. The van der Waals surface area contributed by atoms with Crippen molar-refractivity contribution in [3.05, 3.63) is 89.0 Å². The average Bonchev–Trinajstić information content (AvgIpc) is 2.97. The van der Waals surface area contributed by atoms with Gasteiger partial charge in [-0.2, -0.15) is 0 Å². The second-order valence-corrected chi connectivity index (χ2v) is 10.9. The monoisotopic (exact) mass is 527 g/mol. The lowest BCUT2D eigenvalue weighted by molar-refractivity contribution is -0.118. The van der Waals surface area contributed by atoms with Gasteiger partial charge in [0.1, 0.15) is 0 Å². The van der Waals surface area contributed by atoms with Crippen LogP contribution < -0.4 is 20.1 Å². The first kappa shape index (κ1) is 27.2. The van der Waals surface area contributed by atoms with Gasteiger partial charge in [-0.15, -0.1) is 0 Å². The minimum Gasteiger partial charge on any atom is -0.493 e. The SMILES string of the molecule is CCC(C)Oc1cc2c(cc1OC)CC(=O)N(c1ccc(C(C)N3CCC(N)CC3)cc1)C2c1ccccc1. The van der Waals surface area contributed by atoms with E-state index in [9.17, 15) is 4.79 Å². The van der Waals surface area contributed by atoms with E-state index in [0.717, 1.165) is 54.7 Å². The first-order valence-electron chi connectivity index (χ1n) is 14.2. The summed E-state index contributed by atoms with van der Waals surface area (Å²) in [4.78, 5) is 18.2. The van der Waals surface area contributed by atoms with Crippen molar-refractivity contribution in [1.82, 2.24) is 4.90 Å². The number of piperidine rings is 1. The van der Waals surface area contributed by atoms with Crippen LogP contribution in [0.3, 0.4) is 0 Å². The molecule has 1 fully saturated rings. The summed E-state index contributed by atoms with van der Waals surface area (Å²) in [5.74, 6) is 1.45. The first-order valence-corrected chi connectivity index (χ1v) is 14.2. The maximum Gasteiger partial charge on any atom is 0.232 e. The van der Waals surface area contributed by atoms with E-state index < -0.39 is 0 Å². The Morgan fingerprint density at radius 1 is 0.974 bits per heavy atom. The molecule has 1 amide bonds. The maximum absolute atomic E-state index is 13.8. The molecular formula is C33H41N3O3. The van der Waals surface area contributed by atoms with Gasteiger partial charge in [-0.1, -0.05) is 49.4 Å². The zero-order chi connectivity index (χ0) is 27.5. The predicted octanol–water partition coefficient (Wildman–Crippen LogP) is 6.04. The summed E-state index contributed by atoms with van der Waals surface area (Å²) in [5, 5.41) is 0. The molecule has 0 radical (unpaired) electrons. The normalized spacial score (nSPS) is 19.9. The molecule has 2 heterocycles. The fraction of sp³-hybridized carbons (Fsp3) is 0.424. The van der Waals surface area contributed by atoms with Crippen molar-refractivity contribution < 1.29 is 14.3 Å². The van der Waals surface area contributed by atoms with E-state index in [1.165, 1.54) is 5.56 Å². The van der Waals surface area contributed by atoms with E-state index in [0.29, 0.717) is 30.0 Å². The minimum atomic E-state index is -0.264. The number of methoxy groups -OCH3 is 1. The Kier molecular flexibility index (Phi) is 8.24. The highest BCUT2D eigenvalue weighted by Gasteiger charge is 2.36. The van der Waals surface area contributed by atoms with E-state index in [4.69, 9.17) is 15.2 Å². The van der Waals surface area contributed by atoms with Crippen LogP contribution >= 0.6 is 0 Å². The fourth-order valence-electron chi connectivity index (χ4n) is 5.80. The van der Waals surface area contributed by atoms with Gasteiger partial charge in [-0.05, 0) is 79.6 Å². The van der Waals surface area contributed by atoms with Crippen LogP contribution in [0.2, 0.25) is 0 Å². The van der Waals surface area contributed by atoms with Gasteiger partial charge in [-0.25, -0.2) is 0 Å². The summed E-state index contributed by atoms with van der Waals surface area (Å²) >= 11 is 0. The number of carbonyl (C=O) groups is 1. The number of rotatable bonds is 8. The number of nitrogens with zero attached hydrogens (tertiary/aromatic N) is 2. The molecule has 0 aliphatic carbocycles. The van der Waals surface area contributed by atoms with Crippen LogP contribution in [0.5, 0.6) is 11.5 Å². The maximum atomic E-state index is 13.8. The second kappa shape index (κ2) is 11.8. The van der Waals surface area contributed by atoms with Gasteiger partial charge in [0.05, 0.1) is 25.7 Å². The van der Waals surface area contributed by atoms with Crippen LogP contribution in [0.25, 0.3) is 0 Å². The number of ether oxygens (including phenoxy) is 2. The zero-order valence-electron chi connectivity index (χ0n) is 23.6. The number of nitrogens with two attached hydrogens (primary N) is 1. The average molecular weight is 528 g/mol. The number of fused-ring (bicyclic) bond motifs is 1. The molecule has 3 aromatic rings. The Balaban J connectivity index is 1.52. The van der Waals surface area contributed by atoms with Crippen LogP contribution in [-0.4, -0.2) is 43.2 Å². The molecule has 6 nitrogen and oxygen atoms in total. The Morgan fingerprint density at radius 3 is 2.31 bits per heavy atom. The van der Waals surface area contributed by atoms with Gasteiger partial charge in [0, 0.05) is 30.9 Å². The van der Waals surface area contributed by atoms with E-state index >= 15 is 0 Å². The third kappa shape index (κ3) is 5.68. The molecule has 0 bridgehead atoms. The number of hydrogen-bond acceptors (Lipinski definition) is 5. The molecule has 3 aromatic carbocycles. The molecule has 0 spiro atoms. The summed E-state index contributed by atoms with van der Waals surface area (Å²) in [7, 11) is 1.65. The van der Waals surface area contributed by atoms with E-state index in [-0.39, 0.29) is 18.1 Å². The van der Waals surface area contributed by atoms with Crippen molar-refractivity contribution in [3.63, 3.8) is 0 Å². The van der Waals surface area contributed by atoms with Gasteiger partial charge in [0.15, 0.2) is 11.5 Å². The van der Waals surface area contributed by atoms with E-state index in [1.807, 2.05) is 29.2 Å². The quantitative estimate of drug-likeness (QED) is 0.387. The third-order valence-corrected chi connectivity index (χ3v) is 8.38. The smallest absolute Gasteiger partial charge is 0.232 e. The number of likely N-dealkylation sites (tertiary alicyclic amines) is 1. The number of benzene rings is 3. The van der Waals surface area contributed by atoms with Gasteiger partial charge < -0.3 is 20.1 Å². The summed E-state index contributed by atoms with van der Waals surface area (Å²) in [6, 6.07) is 23.2. The highest BCUT2D eigenvalue weighted by atomic mass is 16.5. The van der Waals surface area contributed by atoms with Crippen molar-refractivity contribution in [2.24, 2.45) is 5.73 Å². The number of carbonyl (C=O) groups excluding carboxylic acids is 1. The Hall–Kier alpha value is -3.35. The molecule has 39 heavy (non-hydrogen) atoms. The predicted molar refractivity (Wildman–Crippen MR) is 156 cm³/mol. The van der Waals surface area contributed by atoms with Gasteiger partial charge in [0.25, 0.3) is 0 Å². The van der Waals surface area contributed by atoms with Crippen molar-refractivity contribution in [3.8, 4) is 11.5 Å². The van der Waals surface area contributed by atoms with Crippen molar-refractivity contribution in [2.75, 3.05) is 25.1 Å². The summed E-state index contributed by atoms with van der Waals surface area (Å²) in [6.07, 6.45) is 3.33. The number of anilines is 1. The highest BCUT2D eigenvalue weighted by molar-refractivity contribution is 5.98. The number of hydrogen-bond donors (Lipinski definition) is 1. The Morgan fingerprint density at radius 2 is 1.67 bits per heavy atom. The molecule has 0 saturated carbocycles. The second-order valence-electron chi connectivity index (χ2n) is 10.9. The standard InChI is InChI=1S/C33H41N3O3/c1-5-22(2)39-31-21-29-26(19-30(31)38-4)20-32(37)36(33(29)25-9-7-6-8-10-25)28-13-11-24(12-14-28)23(3)35-17-15-27(34)16-18-35/h6-14,19,21-23,27,33H,5,15-18,20,34H2,1-4H3. The summed E-state index contributed by atoms with van der Waals surface area (Å²) in [5.41, 5.74) is 11.4. The first-order chi connectivity index (χ1) is 18.9. The molecule has 1 saturated heterocycles. The van der Waals surface area contributed by atoms with Crippen molar-refractivity contribution >= 4 is 11.6 Å². The van der Waals surface area contributed by atoms with Crippen LogP contribution in [0, 0.1) is 0 Å². The zero-order valence-corrected chi connectivity index (χ0v) is 23.6. The minimum absolute atomic E-state index is 0.0543. The lowest BCUT2D eigenvalue weighted by Gasteiger charge is -2.38. The van der Waals surface area contributed by atoms with E-state index in [1.54, 1.807) is 7.11 Å². The van der Waals surface area contributed by atoms with Gasteiger partial charge in [0.2, 0.25) is 5.91 Å². The molecule has 206 valence electrons. The molecule has 3 atom stereocenters. The molecule has 5 rings (SSSR count). The summed E-state index contributed by atoms with van der Waals surface area (Å²) in [6.45, 7) is 8.46. The number of amides is 1. The van der Waals surface area contributed by atoms with E-state index in [2.05, 4.69) is 68.1 Å². The molecule has 2 aliphatic heterocycles. The molecule has 2 aliphatic rings. The molecular weight excluding hydrogens is 486 g/mol. The van der Waals surface area contributed by atoms with Crippen molar-refractivity contribution in [1.29, 1.82) is 0 Å². The van der Waals surface area contributed by atoms with Gasteiger partial charge >= 0.3 is 0 Å². The van der Waals surface area contributed by atoms with Crippen LogP contribution in [0.15, 0.2) is 66.7 Å². The topological polar surface area (TPSA) is 68.0 Å². The van der Waals surface area contributed by atoms with Gasteiger partial charge in [-0.3, -0.25) is 9.69 Å². The fourth-order valence-corrected chi connectivity index (χ4v) is 5.80. The summed E-state index contributed by atoms with van der Waals surface area (Å²) < 4.78 is 11.9. The van der Waals surface area contributed by atoms with Crippen LogP contribution in [0.1, 0.15) is 74.4 Å². The Labute approximate surface area is 232 Å². The van der Waals surface area contributed by atoms with Crippen LogP contribution in [0.4, 0.5) is 5.69 Å². The molecule has 3 unspecified atom stereocenters. The van der Waals surface area contributed by atoms with Crippen LogP contribution in [-0.2, 0) is 11.2 Å². The third-order valence-electron chi connectivity index (χ3n) is 8.38. The lowest BCUT2D eigenvalue weighted by atomic mass is 9.86. The van der Waals surface area contributed by atoms with Crippen molar-refractivity contribution in [2.45, 2.75) is 70.7 Å². The molecule has 2 N–H and O–H groups in total. The largest absolute Gasteiger partial charge is 0.493 e. The molecule has 0 aromatic heterocycles. The highest BCUT2D eigenvalue weighted by Crippen LogP contribution is 2.44. The Bertz CT molecular complexity index is 1270.